The standard InChI is InChI=1S/C20H20N2O5S/c23-14(10-12-6-2-1-3-7-12)21-15-17(24)22-16-13(11-28-18(15)22)20(27-19(16)25)8-4-5-9-26-20/h1-3,6-7,15,18H,4-5,8-11H2,(H,21,23)/t15-,18-,20-/m1/s1. The largest absolute Gasteiger partial charge is 0.424 e. The van der Waals surface area contributed by atoms with Gasteiger partial charge in [-0.2, -0.15) is 0 Å². The Hall–Kier alpha value is -2.32. The lowest BCUT2D eigenvalue weighted by Gasteiger charge is -2.49. The van der Waals surface area contributed by atoms with Crippen LogP contribution in [-0.2, 0) is 30.3 Å². The SMILES string of the molecule is O=C(Cc1ccccc1)N[C@@H]1C(=O)N2C3=C(CS[C@H]12)[C@@]1(CCCCO1)OC3=O. The van der Waals surface area contributed by atoms with Crippen molar-refractivity contribution in [1.29, 1.82) is 0 Å². The van der Waals surface area contributed by atoms with Crippen molar-refractivity contribution in [2.75, 3.05) is 12.4 Å². The smallest absolute Gasteiger partial charge is 0.358 e. The lowest BCUT2D eigenvalue weighted by Crippen LogP contribution is -2.70. The Morgan fingerprint density at radius 1 is 1.25 bits per heavy atom. The predicted octanol–water partition coefficient (Wildman–Crippen LogP) is 1.34. The molecule has 0 bridgehead atoms. The van der Waals surface area contributed by atoms with Crippen LogP contribution in [-0.4, -0.2) is 52.2 Å². The maximum absolute atomic E-state index is 12.8. The van der Waals surface area contributed by atoms with Crippen molar-refractivity contribution in [3.63, 3.8) is 0 Å². The molecule has 0 radical (unpaired) electrons. The van der Waals surface area contributed by atoms with Gasteiger partial charge in [-0.05, 0) is 18.4 Å². The normalized spacial score (nSPS) is 31.2. The minimum Gasteiger partial charge on any atom is -0.424 e. The second-order valence-electron chi connectivity index (χ2n) is 7.39. The number of esters is 1. The Balaban J connectivity index is 1.32. The van der Waals surface area contributed by atoms with Crippen LogP contribution in [0.5, 0.6) is 0 Å². The molecule has 0 aromatic heterocycles. The molecule has 28 heavy (non-hydrogen) atoms. The summed E-state index contributed by atoms with van der Waals surface area (Å²) in [5.41, 5.74) is 1.98. The molecule has 1 spiro atoms. The number of ether oxygens (including phenoxy) is 2. The summed E-state index contributed by atoms with van der Waals surface area (Å²) >= 11 is 1.54. The minimum atomic E-state index is -0.995. The molecule has 1 aromatic carbocycles. The number of amides is 2. The van der Waals surface area contributed by atoms with Gasteiger partial charge in [0.25, 0.3) is 5.91 Å². The van der Waals surface area contributed by atoms with Gasteiger partial charge in [-0.15, -0.1) is 11.8 Å². The summed E-state index contributed by atoms with van der Waals surface area (Å²) in [6, 6.07) is 8.77. The van der Waals surface area contributed by atoms with Gasteiger partial charge in [0.15, 0.2) is 0 Å². The molecule has 8 heteroatoms. The first-order valence-electron chi connectivity index (χ1n) is 9.48. The van der Waals surface area contributed by atoms with Gasteiger partial charge < -0.3 is 14.8 Å². The number of nitrogens with zero attached hydrogens (tertiary/aromatic N) is 1. The van der Waals surface area contributed by atoms with E-state index in [2.05, 4.69) is 5.32 Å². The molecule has 146 valence electrons. The van der Waals surface area contributed by atoms with Crippen molar-refractivity contribution in [2.45, 2.75) is 42.9 Å². The van der Waals surface area contributed by atoms with Gasteiger partial charge >= 0.3 is 5.97 Å². The number of rotatable bonds is 3. The van der Waals surface area contributed by atoms with E-state index in [1.54, 1.807) is 0 Å². The van der Waals surface area contributed by atoms with E-state index in [1.807, 2.05) is 30.3 Å². The first-order chi connectivity index (χ1) is 13.6. The Morgan fingerprint density at radius 3 is 2.82 bits per heavy atom. The molecular weight excluding hydrogens is 380 g/mol. The number of thioether (sulfide) groups is 1. The fourth-order valence-electron chi connectivity index (χ4n) is 4.25. The van der Waals surface area contributed by atoms with Crippen LogP contribution < -0.4 is 5.32 Å². The molecule has 2 saturated heterocycles. The molecule has 2 fully saturated rings. The number of hydrogen-bond donors (Lipinski definition) is 1. The Morgan fingerprint density at radius 2 is 2.07 bits per heavy atom. The van der Waals surface area contributed by atoms with Gasteiger partial charge in [-0.25, -0.2) is 4.79 Å². The van der Waals surface area contributed by atoms with Crippen LogP contribution in [0, 0.1) is 0 Å². The molecular formula is C20H20N2O5S. The van der Waals surface area contributed by atoms with E-state index in [-0.39, 0.29) is 23.6 Å². The highest BCUT2D eigenvalue weighted by molar-refractivity contribution is 8.00. The average Bonchev–Trinajstić information content (AvgIpc) is 2.97. The zero-order chi connectivity index (χ0) is 19.3. The molecule has 0 saturated carbocycles. The second-order valence-corrected chi connectivity index (χ2v) is 8.50. The highest BCUT2D eigenvalue weighted by atomic mass is 32.2. The number of benzene rings is 1. The zero-order valence-electron chi connectivity index (χ0n) is 15.2. The maximum atomic E-state index is 12.8. The summed E-state index contributed by atoms with van der Waals surface area (Å²) in [7, 11) is 0. The summed E-state index contributed by atoms with van der Waals surface area (Å²) in [4.78, 5) is 39.1. The van der Waals surface area contributed by atoms with E-state index in [9.17, 15) is 14.4 Å². The predicted molar refractivity (Wildman–Crippen MR) is 101 cm³/mol. The summed E-state index contributed by atoms with van der Waals surface area (Å²) in [6.07, 6.45) is 2.71. The van der Waals surface area contributed by atoms with Crippen LogP contribution in [0.4, 0.5) is 0 Å². The third kappa shape index (κ3) is 2.66. The third-order valence-electron chi connectivity index (χ3n) is 5.64. The molecule has 0 unspecified atom stereocenters. The van der Waals surface area contributed by atoms with Crippen molar-refractivity contribution in [1.82, 2.24) is 10.2 Å². The van der Waals surface area contributed by atoms with Crippen molar-refractivity contribution < 1.29 is 23.9 Å². The summed E-state index contributed by atoms with van der Waals surface area (Å²) in [6.45, 7) is 0.546. The topological polar surface area (TPSA) is 84.9 Å². The lowest BCUT2D eigenvalue weighted by atomic mass is 9.96. The van der Waals surface area contributed by atoms with Crippen LogP contribution in [0.2, 0.25) is 0 Å². The van der Waals surface area contributed by atoms with Gasteiger partial charge in [0.2, 0.25) is 11.7 Å². The molecule has 1 N–H and O–H groups in total. The number of carbonyl (C=O) groups excluding carboxylic acids is 3. The fourth-order valence-corrected chi connectivity index (χ4v) is 5.68. The monoisotopic (exact) mass is 400 g/mol. The van der Waals surface area contributed by atoms with Crippen LogP contribution in [0.15, 0.2) is 41.6 Å². The number of β-lactam (4-membered cyclic amide) rings is 1. The van der Waals surface area contributed by atoms with E-state index >= 15 is 0 Å². The Bertz CT molecular complexity index is 878. The van der Waals surface area contributed by atoms with E-state index in [0.717, 1.165) is 24.0 Å². The first kappa shape index (κ1) is 17.8. The van der Waals surface area contributed by atoms with Crippen molar-refractivity contribution >= 4 is 29.5 Å². The molecule has 4 aliphatic heterocycles. The summed E-state index contributed by atoms with van der Waals surface area (Å²) < 4.78 is 11.4. The van der Waals surface area contributed by atoms with Crippen LogP contribution >= 0.6 is 11.8 Å². The molecule has 5 rings (SSSR count). The van der Waals surface area contributed by atoms with Crippen molar-refractivity contribution in [3.05, 3.63) is 47.2 Å². The quantitative estimate of drug-likeness (QED) is 0.609. The Labute approximate surface area is 166 Å². The molecule has 7 nitrogen and oxygen atoms in total. The van der Waals surface area contributed by atoms with Crippen molar-refractivity contribution in [2.24, 2.45) is 0 Å². The first-order valence-corrected chi connectivity index (χ1v) is 10.5. The van der Waals surface area contributed by atoms with E-state index in [0.29, 0.717) is 24.5 Å². The number of carbonyl (C=O) groups is 3. The maximum Gasteiger partial charge on any atom is 0.358 e. The second kappa shape index (κ2) is 6.63. The molecule has 2 amide bonds. The van der Waals surface area contributed by atoms with Gasteiger partial charge in [-0.3, -0.25) is 14.5 Å². The summed E-state index contributed by atoms with van der Waals surface area (Å²) in [5, 5.41) is 2.54. The average molecular weight is 400 g/mol. The molecule has 4 aliphatic rings. The van der Waals surface area contributed by atoms with Gasteiger partial charge in [0, 0.05) is 17.7 Å². The number of nitrogens with one attached hydrogen (secondary N) is 1. The summed E-state index contributed by atoms with van der Waals surface area (Å²) in [5.74, 6) is -1.41. The van der Waals surface area contributed by atoms with Crippen LogP contribution in [0.1, 0.15) is 24.8 Å². The van der Waals surface area contributed by atoms with Gasteiger partial charge in [0.1, 0.15) is 17.1 Å². The lowest BCUT2D eigenvalue weighted by molar-refractivity contribution is -0.215. The third-order valence-corrected chi connectivity index (χ3v) is 6.92. The number of fused-ring (bicyclic) bond motifs is 3. The molecule has 4 heterocycles. The van der Waals surface area contributed by atoms with Crippen molar-refractivity contribution in [3.8, 4) is 0 Å². The minimum absolute atomic E-state index is 0.203. The zero-order valence-corrected chi connectivity index (χ0v) is 16.0. The van der Waals surface area contributed by atoms with E-state index < -0.39 is 17.8 Å². The highest BCUT2D eigenvalue weighted by Crippen LogP contribution is 2.50. The van der Waals surface area contributed by atoms with Gasteiger partial charge in [-0.1, -0.05) is 30.3 Å². The molecule has 3 atom stereocenters. The van der Waals surface area contributed by atoms with Crippen LogP contribution in [0.25, 0.3) is 0 Å². The molecule has 1 aromatic rings. The molecule has 0 aliphatic carbocycles. The van der Waals surface area contributed by atoms with E-state index in [1.165, 1.54) is 16.7 Å². The number of hydrogen-bond acceptors (Lipinski definition) is 6. The van der Waals surface area contributed by atoms with Gasteiger partial charge in [0.05, 0.1) is 13.0 Å². The Kier molecular flexibility index (Phi) is 4.21. The van der Waals surface area contributed by atoms with Crippen LogP contribution in [0.3, 0.4) is 0 Å². The highest BCUT2D eigenvalue weighted by Gasteiger charge is 2.61. The fraction of sp³-hybridized carbons (Fsp3) is 0.450. The van der Waals surface area contributed by atoms with E-state index in [4.69, 9.17) is 9.47 Å².